The predicted octanol–water partition coefficient (Wildman–Crippen LogP) is 2.34. The molecule has 0 unspecified atom stereocenters. The summed E-state index contributed by atoms with van der Waals surface area (Å²) in [5, 5.41) is 0. The molecule has 0 amide bonds. The first-order valence-electron chi connectivity index (χ1n) is 5.64. The lowest BCUT2D eigenvalue weighted by Crippen LogP contribution is -2.33. The van der Waals surface area contributed by atoms with Crippen LogP contribution in [0.25, 0.3) is 0 Å². The van der Waals surface area contributed by atoms with E-state index in [1.165, 1.54) is 10.4 Å². The highest BCUT2D eigenvalue weighted by atomic mass is 79.9. The third kappa shape index (κ3) is 2.39. The highest BCUT2D eigenvalue weighted by Gasteiger charge is 2.38. The van der Waals surface area contributed by atoms with E-state index >= 15 is 0 Å². The van der Waals surface area contributed by atoms with Crippen LogP contribution in [-0.4, -0.2) is 25.3 Å². The molecule has 0 saturated heterocycles. The number of rotatable bonds is 4. The van der Waals surface area contributed by atoms with E-state index in [0.717, 1.165) is 18.9 Å². The zero-order valence-electron chi connectivity index (χ0n) is 9.86. The van der Waals surface area contributed by atoms with Gasteiger partial charge < -0.3 is 5.73 Å². The molecule has 0 radical (unpaired) electrons. The molecule has 4 nitrogen and oxygen atoms in total. The summed E-state index contributed by atoms with van der Waals surface area (Å²) in [4.78, 5) is -0.350. The third-order valence-corrected chi connectivity index (χ3v) is 5.63. The summed E-state index contributed by atoms with van der Waals surface area (Å²) < 4.78 is 40.2. The lowest BCUT2D eigenvalue weighted by atomic mass is 10.3. The van der Waals surface area contributed by atoms with E-state index in [1.807, 2.05) is 0 Å². The van der Waals surface area contributed by atoms with Crippen molar-refractivity contribution in [3.8, 4) is 0 Å². The fourth-order valence-corrected chi connectivity index (χ4v) is 3.95. The summed E-state index contributed by atoms with van der Waals surface area (Å²) >= 11 is 3.07. The molecule has 0 spiro atoms. The summed E-state index contributed by atoms with van der Waals surface area (Å²) in [5.41, 5.74) is 5.83. The minimum Gasteiger partial charge on any atom is -0.398 e. The monoisotopic (exact) mass is 336 g/mol. The van der Waals surface area contributed by atoms with Gasteiger partial charge in [0.2, 0.25) is 10.0 Å². The molecule has 2 rings (SSSR count). The first-order chi connectivity index (χ1) is 8.37. The number of sulfonamides is 1. The maximum absolute atomic E-state index is 13.8. The number of nitrogen functional groups attached to an aromatic ring is 1. The van der Waals surface area contributed by atoms with Crippen LogP contribution in [0.3, 0.4) is 0 Å². The van der Waals surface area contributed by atoms with Crippen molar-refractivity contribution in [2.24, 2.45) is 0 Å². The van der Waals surface area contributed by atoms with Crippen molar-refractivity contribution >= 4 is 31.6 Å². The Labute approximate surface area is 114 Å². The first-order valence-corrected chi connectivity index (χ1v) is 7.87. The van der Waals surface area contributed by atoms with Gasteiger partial charge in [-0.3, -0.25) is 0 Å². The Balaban J connectivity index is 2.49. The van der Waals surface area contributed by atoms with Gasteiger partial charge in [0.1, 0.15) is 10.7 Å². The number of hydrogen-bond donors (Lipinski definition) is 1. The lowest BCUT2D eigenvalue weighted by Gasteiger charge is -2.20. The van der Waals surface area contributed by atoms with Crippen molar-refractivity contribution in [1.29, 1.82) is 0 Å². The SMILES string of the molecule is CCN(C1CC1)S(=O)(=O)c1cc(N)c(Br)cc1F. The van der Waals surface area contributed by atoms with Gasteiger partial charge in [0.25, 0.3) is 0 Å². The zero-order valence-corrected chi connectivity index (χ0v) is 12.3. The van der Waals surface area contributed by atoms with Crippen molar-refractivity contribution in [1.82, 2.24) is 4.31 Å². The highest BCUT2D eigenvalue weighted by molar-refractivity contribution is 9.10. The van der Waals surface area contributed by atoms with Crippen molar-refractivity contribution < 1.29 is 12.8 Å². The number of anilines is 1. The second kappa shape index (κ2) is 4.79. The zero-order chi connectivity index (χ0) is 13.5. The van der Waals surface area contributed by atoms with E-state index in [2.05, 4.69) is 15.9 Å². The summed E-state index contributed by atoms with van der Waals surface area (Å²) in [6.45, 7) is 2.08. The predicted molar refractivity (Wildman–Crippen MR) is 71.1 cm³/mol. The topological polar surface area (TPSA) is 63.4 Å². The molecule has 1 aromatic carbocycles. The molecule has 1 saturated carbocycles. The quantitative estimate of drug-likeness (QED) is 0.858. The van der Waals surface area contributed by atoms with E-state index in [1.54, 1.807) is 6.92 Å². The number of nitrogens with two attached hydrogens (primary N) is 1. The van der Waals surface area contributed by atoms with Crippen LogP contribution in [0.4, 0.5) is 10.1 Å². The normalized spacial score (nSPS) is 16.2. The molecular weight excluding hydrogens is 323 g/mol. The third-order valence-electron chi connectivity index (χ3n) is 2.90. The van der Waals surface area contributed by atoms with Crippen LogP contribution in [0.5, 0.6) is 0 Å². The smallest absolute Gasteiger partial charge is 0.246 e. The summed E-state index contributed by atoms with van der Waals surface area (Å²) in [6, 6.07) is 2.26. The van der Waals surface area contributed by atoms with E-state index in [4.69, 9.17) is 5.73 Å². The van der Waals surface area contributed by atoms with E-state index in [-0.39, 0.29) is 16.6 Å². The van der Waals surface area contributed by atoms with Crippen LogP contribution >= 0.6 is 15.9 Å². The molecule has 18 heavy (non-hydrogen) atoms. The molecule has 0 aromatic heterocycles. The Bertz CT molecular complexity index is 573. The van der Waals surface area contributed by atoms with Crippen molar-refractivity contribution in [2.45, 2.75) is 30.7 Å². The molecule has 0 bridgehead atoms. The average Bonchev–Trinajstić information content (AvgIpc) is 3.08. The Morgan fingerprint density at radius 2 is 2.11 bits per heavy atom. The maximum atomic E-state index is 13.8. The molecule has 0 heterocycles. The minimum atomic E-state index is -3.80. The summed E-state index contributed by atoms with van der Waals surface area (Å²) in [5.74, 6) is -0.782. The molecule has 1 aromatic rings. The van der Waals surface area contributed by atoms with Crippen LogP contribution in [0.2, 0.25) is 0 Å². The maximum Gasteiger partial charge on any atom is 0.246 e. The Kier molecular flexibility index (Phi) is 3.66. The van der Waals surface area contributed by atoms with Gasteiger partial charge in [0, 0.05) is 22.7 Å². The van der Waals surface area contributed by atoms with Gasteiger partial charge in [-0.05, 0) is 40.9 Å². The summed E-state index contributed by atoms with van der Waals surface area (Å²) in [6.07, 6.45) is 1.67. The van der Waals surface area contributed by atoms with E-state index in [9.17, 15) is 12.8 Å². The van der Waals surface area contributed by atoms with E-state index < -0.39 is 15.8 Å². The first kappa shape index (κ1) is 13.8. The van der Waals surface area contributed by atoms with Gasteiger partial charge >= 0.3 is 0 Å². The molecule has 0 atom stereocenters. The molecule has 1 aliphatic rings. The van der Waals surface area contributed by atoms with Crippen molar-refractivity contribution in [3.63, 3.8) is 0 Å². The van der Waals surface area contributed by atoms with Crippen LogP contribution in [0.1, 0.15) is 19.8 Å². The Hall–Kier alpha value is -0.660. The molecule has 100 valence electrons. The van der Waals surface area contributed by atoms with Gasteiger partial charge in [-0.15, -0.1) is 0 Å². The lowest BCUT2D eigenvalue weighted by molar-refractivity contribution is 0.417. The van der Waals surface area contributed by atoms with Gasteiger partial charge in [0.15, 0.2) is 0 Å². The van der Waals surface area contributed by atoms with Crippen molar-refractivity contribution in [2.75, 3.05) is 12.3 Å². The molecule has 7 heteroatoms. The van der Waals surface area contributed by atoms with E-state index in [0.29, 0.717) is 11.0 Å². The fourth-order valence-electron chi connectivity index (χ4n) is 1.86. The fraction of sp³-hybridized carbons (Fsp3) is 0.455. The van der Waals surface area contributed by atoms with Crippen LogP contribution in [0.15, 0.2) is 21.5 Å². The average molecular weight is 337 g/mol. The van der Waals surface area contributed by atoms with Gasteiger partial charge in [-0.25, -0.2) is 12.8 Å². The second-order valence-electron chi connectivity index (χ2n) is 4.24. The largest absolute Gasteiger partial charge is 0.398 e. The highest BCUT2D eigenvalue weighted by Crippen LogP contribution is 2.34. The number of hydrogen-bond acceptors (Lipinski definition) is 3. The van der Waals surface area contributed by atoms with Crippen molar-refractivity contribution in [3.05, 3.63) is 22.4 Å². The Morgan fingerprint density at radius 3 is 2.61 bits per heavy atom. The van der Waals surface area contributed by atoms with Gasteiger partial charge in [0.05, 0.1) is 0 Å². The number of benzene rings is 1. The second-order valence-corrected chi connectivity index (χ2v) is 6.96. The molecule has 2 N–H and O–H groups in total. The molecule has 1 aliphatic carbocycles. The summed E-state index contributed by atoms with van der Waals surface area (Å²) in [7, 11) is -3.80. The number of halogens is 2. The van der Waals surface area contributed by atoms with Crippen LogP contribution in [0, 0.1) is 5.82 Å². The Morgan fingerprint density at radius 1 is 1.50 bits per heavy atom. The van der Waals surface area contributed by atoms with Crippen LogP contribution < -0.4 is 5.73 Å². The minimum absolute atomic E-state index is 0.00395. The van der Waals surface area contributed by atoms with Gasteiger partial charge in [-0.2, -0.15) is 4.31 Å². The molecule has 0 aliphatic heterocycles. The molecule has 1 fully saturated rings. The number of nitrogens with zero attached hydrogens (tertiary/aromatic N) is 1. The standard InChI is InChI=1S/C11H14BrFN2O2S/c1-2-15(7-3-4-7)18(16,17)11-6-10(14)8(12)5-9(11)13/h5-7H,2-4,14H2,1H3. The molecular formula is C11H14BrFN2O2S. The van der Waals surface area contributed by atoms with Gasteiger partial charge in [-0.1, -0.05) is 6.92 Å². The van der Waals surface area contributed by atoms with Crippen LogP contribution in [-0.2, 0) is 10.0 Å².